The third-order valence-electron chi connectivity index (χ3n) is 3.69. The Hall–Kier alpha value is -2.60. The van der Waals surface area contributed by atoms with Gasteiger partial charge in [0.25, 0.3) is 0 Å². The SMILES string of the molecule is COc1ncccc1-c1cc(C)cc(C#CC2CC2)c1C=O. The Morgan fingerprint density at radius 3 is 2.82 bits per heavy atom. The van der Waals surface area contributed by atoms with Gasteiger partial charge in [-0.2, -0.15) is 0 Å². The zero-order chi connectivity index (χ0) is 15.5. The van der Waals surface area contributed by atoms with E-state index in [0.29, 0.717) is 17.4 Å². The maximum absolute atomic E-state index is 11.7. The number of benzene rings is 1. The lowest BCUT2D eigenvalue weighted by Gasteiger charge is -2.12. The maximum atomic E-state index is 11.7. The number of rotatable bonds is 3. The highest BCUT2D eigenvalue weighted by atomic mass is 16.5. The van der Waals surface area contributed by atoms with E-state index in [9.17, 15) is 4.79 Å². The van der Waals surface area contributed by atoms with Crippen LogP contribution in [0.25, 0.3) is 11.1 Å². The summed E-state index contributed by atoms with van der Waals surface area (Å²) in [6.45, 7) is 2.00. The number of nitrogens with zero attached hydrogens (tertiary/aromatic N) is 1. The zero-order valence-corrected chi connectivity index (χ0v) is 12.7. The molecule has 0 N–H and O–H groups in total. The van der Waals surface area contributed by atoms with Crippen LogP contribution in [0.15, 0.2) is 30.5 Å². The summed E-state index contributed by atoms with van der Waals surface area (Å²) in [5, 5.41) is 0. The number of pyridine rings is 1. The molecule has 0 radical (unpaired) electrons. The van der Waals surface area contributed by atoms with Crippen LogP contribution < -0.4 is 4.74 Å². The molecule has 0 atom stereocenters. The van der Waals surface area contributed by atoms with Gasteiger partial charge in [-0.3, -0.25) is 4.79 Å². The second-order valence-corrected chi connectivity index (χ2v) is 5.50. The lowest BCUT2D eigenvalue weighted by molar-refractivity contribution is 0.112. The maximum Gasteiger partial charge on any atom is 0.221 e. The van der Waals surface area contributed by atoms with Crippen LogP contribution in [-0.2, 0) is 0 Å². The van der Waals surface area contributed by atoms with Crippen molar-refractivity contribution in [1.82, 2.24) is 4.98 Å². The summed E-state index contributed by atoms with van der Waals surface area (Å²) in [4.78, 5) is 15.9. The first-order valence-electron chi connectivity index (χ1n) is 7.33. The first-order chi connectivity index (χ1) is 10.7. The molecule has 1 aromatic heterocycles. The molecule has 0 amide bonds. The van der Waals surface area contributed by atoms with E-state index >= 15 is 0 Å². The van der Waals surface area contributed by atoms with Gasteiger partial charge in [0.05, 0.1) is 7.11 Å². The first kappa shape index (κ1) is 14.3. The molecular formula is C19H17NO2. The van der Waals surface area contributed by atoms with Crippen LogP contribution in [0.1, 0.15) is 34.3 Å². The summed E-state index contributed by atoms with van der Waals surface area (Å²) in [5.41, 5.74) is 4.07. The number of aromatic nitrogens is 1. The van der Waals surface area contributed by atoms with Gasteiger partial charge in [-0.1, -0.05) is 17.9 Å². The monoisotopic (exact) mass is 291 g/mol. The Labute approximate surface area is 130 Å². The number of methoxy groups -OCH3 is 1. The Bertz CT molecular complexity index is 780. The number of carbonyl (C=O) groups excluding carboxylic acids is 1. The minimum absolute atomic E-state index is 0.497. The molecule has 0 aliphatic heterocycles. The van der Waals surface area contributed by atoms with Crippen molar-refractivity contribution >= 4 is 6.29 Å². The van der Waals surface area contributed by atoms with E-state index < -0.39 is 0 Å². The van der Waals surface area contributed by atoms with E-state index in [4.69, 9.17) is 4.74 Å². The van der Waals surface area contributed by atoms with Crippen molar-refractivity contribution in [3.05, 3.63) is 47.2 Å². The van der Waals surface area contributed by atoms with Crippen LogP contribution >= 0.6 is 0 Å². The van der Waals surface area contributed by atoms with Crippen molar-refractivity contribution in [2.24, 2.45) is 5.92 Å². The molecule has 1 aliphatic rings. The van der Waals surface area contributed by atoms with Gasteiger partial charge in [-0.15, -0.1) is 0 Å². The Balaban J connectivity index is 2.18. The summed E-state index contributed by atoms with van der Waals surface area (Å²) < 4.78 is 5.32. The van der Waals surface area contributed by atoms with Crippen LogP contribution in [0, 0.1) is 24.7 Å². The van der Waals surface area contributed by atoms with Crippen LogP contribution in [-0.4, -0.2) is 18.4 Å². The van der Waals surface area contributed by atoms with Gasteiger partial charge in [0.2, 0.25) is 5.88 Å². The highest BCUT2D eigenvalue weighted by Gasteiger charge is 2.18. The van der Waals surface area contributed by atoms with Crippen molar-refractivity contribution < 1.29 is 9.53 Å². The molecule has 1 aromatic carbocycles. The molecule has 0 spiro atoms. The van der Waals surface area contributed by atoms with Crippen LogP contribution in [0.3, 0.4) is 0 Å². The van der Waals surface area contributed by atoms with Gasteiger partial charge >= 0.3 is 0 Å². The first-order valence-corrected chi connectivity index (χ1v) is 7.33. The fourth-order valence-electron chi connectivity index (χ4n) is 2.42. The van der Waals surface area contributed by atoms with Crippen molar-refractivity contribution in [2.75, 3.05) is 7.11 Å². The predicted octanol–water partition coefficient (Wildman–Crippen LogP) is 3.64. The fourth-order valence-corrected chi connectivity index (χ4v) is 2.42. The minimum atomic E-state index is 0.497. The third-order valence-corrected chi connectivity index (χ3v) is 3.69. The van der Waals surface area contributed by atoms with E-state index in [1.165, 1.54) is 12.8 Å². The number of ether oxygens (including phenoxy) is 1. The molecular weight excluding hydrogens is 274 g/mol. The number of aldehydes is 1. The Morgan fingerprint density at radius 1 is 1.32 bits per heavy atom. The molecule has 0 saturated heterocycles. The molecule has 22 heavy (non-hydrogen) atoms. The zero-order valence-electron chi connectivity index (χ0n) is 12.7. The van der Waals surface area contributed by atoms with Crippen molar-refractivity contribution in [3.8, 4) is 28.8 Å². The molecule has 3 heteroatoms. The highest BCUT2D eigenvalue weighted by Crippen LogP contribution is 2.33. The van der Waals surface area contributed by atoms with Crippen LogP contribution in [0.4, 0.5) is 0 Å². The second kappa shape index (κ2) is 6.03. The Kier molecular flexibility index (Phi) is 3.93. The molecule has 1 fully saturated rings. The highest BCUT2D eigenvalue weighted by molar-refractivity contribution is 5.92. The lowest BCUT2D eigenvalue weighted by Crippen LogP contribution is -1.98. The molecule has 2 aromatic rings. The van der Waals surface area contributed by atoms with E-state index in [1.807, 2.05) is 31.2 Å². The van der Waals surface area contributed by atoms with E-state index in [0.717, 1.165) is 28.5 Å². The smallest absolute Gasteiger partial charge is 0.221 e. The van der Waals surface area contributed by atoms with Gasteiger partial charge in [0, 0.05) is 28.8 Å². The molecule has 1 aliphatic carbocycles. The number of hydrogen-bond acceptors (Lipinski definition) is 3. The molecule has 1 saturated carbocycles. The summed E-state index contributed by atoms with van der Waals surface area (Å²) in [5.74, 6) is 7.41. The third kappa shape index (κ3) is 2.87. The summed E-state index contributed by atoms with van der Waals surface area (Å²) in [6, 6.07) is 7.69. The summed E-state index contributed by atoms with van der Waals surface area (Å²) in [6.07, 6.45) is 4.88. The minimum Gasteiger partial charge on any atom is -0.481 e. The predicted molar refractivity (Wildman–Crippen MR) is 86.0 cm³/mol. The standard InChI is InChI=1S/C19H17NO2/c1-13-10-15(8-7-14-5-6-14)18(12-21)17(11-13)16-4-3-9-20-19(16)22-2/h3-4,9-12,14H,5-6H2,1-2H3. The molecule has 110 valence electrons. The molecule has 3 rings (SSSR count). The van der Waals surface area contributed by atoms with E-state index in [1.54, 1.807) is 13.3 Å². The summed E-state index contributed by atoms with van der Waals surface area (Å²) >= 11 is 0. The lowest BCUT2D eigenvalue weighted by atomic mass is 9.94. The average molecular weight is 291 g/mol. The van der Waals surface area contributed by atoms with Gasteiger partial charge in [0.1, 0.15) is 0 Å². The van der Waals surface area contributed by atoms with Crippen LogP contribution in [0.2, 0.25) is 0 Å². The molecule has 0 bridgehead atoms. The quantitative estimate of drug-likeness (QED) is 0.640. The van der Waals surface area contributed by atoms with E-state index in [-0.39, 0.29) is 0 Å². The van der Waals surface area contributed by atoms with Gasteiger partial charge in [0.15, 0.2) is 6.29 Å². The molecule has 3 nitrogen and oxygen atoms in total. The van der Waals surface area contributed by atoms with Crippen LogP contribution in [0.5, 0.6) is 5.88 Å². The normalized spacial score (nSPS) is 13.2. The molecule has 1 heterocycles. The largest absolute Gasteiger partial charge is 0.481 e. The van der Waals surface area contributed by atoms with Gasteiger partial charge < -0.3 is 4.74 Å². The van der Waals surface area contributed by atoms with Crippen molar-refractivity contribution in [2.45, 2.75) is 19.8 Å². The topological polar surface area (TPSA) is 39.2 Å². The Morgan fingerprint density at radius 2 is 2.14 bits per heavy atom. The second-order valence-electron chi connectivity index (χ2n) is 5.50. The van der Waals surface area contributed by atoms with Gasteiger partial charge in [-0.05, 0) is 49.1 Å². The molecule has 0 unspecified atom stereocenters. The van der Waals surface area contributed by atoms with Crippen molar-refractivity contribution in [3.63, 3.8) is 0 Å². The number of aryl methyl sites for hydroxylation is 1. The fraction of sp³-hybridized carbons (Fsp3) is 0.263. The average Bonchev–Trinajstić information content (AvgIpc) is 3.36. The number of carbonyl (C=O) groups is 1. The van der Waals surface area contributed by atoms with Gasteiger partial charge in [-0.25, -0.2) is 4.98 Å². The van der Waals surface area contributed by atoms with Crippen molar-refractivity contribution in [1.29, 1.82) is 0 Å². The van der Waals surface area contributed by atoms with E-state index in [2.05, 4.69) is 16.8 Å². The summed E-state index contributed by atoms with van der Waals surface area (Å²) in [7, 11) is 1.58. The number of hydrogen-bond donors (Lipinski definition) is 0.